The predicted molar refractivity (Wildman–Crippen MR) is 172 cm³/mol. The minimum absolute atomic E-state index is 0.166. The third kappa shape index (κ3) is 10.8. The van der Waals surface area contributed by atoms with Gasteiger partial charge in [0.05, 0.1) is 0 Å². The Morgan fingerprint density at radius 2 is 1.53 bits per heavy atom. The van der Waals surface area contributed by atoms with E-state index in [1.807, 2.05) is 0 Å². The van der Waals surface area contributed by atoms with Gasteiger partial charge in [-0.2, -0.15) is 0 Å². The molecule has 224 valence electrons. The minimum Gasteiger partial charge on any atom is -0.0695 e. The van der Waals surface area contributed by atoms with Gasteiger partial charge in [-0.25, -0.2) is 0 Å². The van der Waals surface area contributed by atoms with Crippen molar-refractivity contribution in [2.45, 2.75) is 163 Å². The Kier molecular flexibility index (Phi) is 15.5. The van der Waals surface area contributed by atoms with Crippen LogP contribution in [0.4, 0.5) is 0 Å². The molecule has 0 radical (unpaired) electrons. The molecule has 0 heterocycles. The maximum atomic E-state index is 7.16. The smallest absolute Gasteiger partial charge is 0.0695 e. The van der Waals surface area contributed by atoms with Crippen molar-refractivity contribution < 1.29 is 14.2 Å². The Morgan fingerprint density at radius 1 is 0.921 bits per heavy atom. The van der Waals surface area contributed by atoms with Crippen molar-refractivity contribution in [3.8, 4) is 0 Å². The molecule has 0 saturated heterocycles. The summed E-state index contributed by atoms with van der Waals surface area (Å²) in [5.74, 6) is 0.671. The van der Waals surface area contributed by atoms with Crippen molar-refractivity contribution in [2.24, 2.45) is 11.3 Å². The second kappa shape index (κ2) is 16.9. The number of hydrogen-bond acceptors (Lipinski definition) is 3. The fourth-order valence-corrected chi connectivity index (χ4v) is 22.1. The summed E-state index contributed by atoms with van der Waals surface area (Å²) in [6.07, 6.45) is 14.8. The van der Waals surface area contributed by atoms with Gasteiger partial charge >= 0.3 is 217 Å². The van der Waals surface area contributed by atoms with Crippen LogP contribution in [0.25, 0.3) is 0 Å². The van der Waals surface area contributed by atoms with Crippen molar-refractivity contribution in [3.05, 3.63) is 11.1 Å². The number of ether oxygens (including phenoxy) is 3. The van der Waals surface area contributed by atoms with Gasteiger partial charge in [0.2, 0.25) is 0 Å². The van der Waals surface area contributed by atoms with Crippen molar-refractivity contribution in [3.63, 3.8) is 0 Å². The van der Waals surface area contributed by atoms with Gasteiger partial charge in [-0.3, -0.25) is 0 Å². The summed E-state index contributed by atoms with van der Waals surface area (Å²) >= 11 is -2.30. The van der Waals surface area contributed by atoms with E-state index in [-0.39, 0.29) is 5.41 Å². The molecule has 1 saturated carbocycles. The summed E-state index contributed by atoms with van der Waals surface area (Å²) in [6, 6.07) is 1.21. The molecule has 0 bridgehead atoms. The summed E-state index contributed by atoms with van der Waals surface area (Å²) < 4.78 is 25.4. The minimum atomic E-state index is -2.30. The average Bonchev–Trinajstić information content (AvgIpc) is 3.19. The molecule has 0 aromatic carbocycles. The molecule has 5 heteroatoms. The Labute approximate surface area is 243 Å². The first-order valence-corrected chi connectivity index (χ1v) is 28.3. The summed E-state index contributed by atoms with van der Waals surface area (Å²) in [7, 11) is -1.06. The standard InChI is InChI=1S/C21H39O3Si.3C4H9.Sn/c1-16(2)14-17-18-8-9-20(21(18,3)11-10-19(17)22-4)24-15-23-12-13-25(5,6)7;3*1-3-4-2;/h16,19-20H,4,8-15H2,1-3,5-7H3;3*1,3-4H2,2H3;/t19-,20-,21-;;;;/m0..../s1. The van der Waals surface area contributed by atoms with E-state index in [0.717, 1.165) is 17.7 Å². The zero-order valence-electron chi connectivity index (χ0n) is 27.2. The molecule has 2 aliphatic carbocycles. The van der Waals surface area contributed by atoms with Gasteiger partial charge in [0.25, 0.3) is 0 Å². The quantitative estimate of drug-likeness (QED) is 0.0565. The predicted octanol–water partition coefficient (Wildman–Crippen LogP) is 10.4. The summed E-state index contributed by atoms with van der Waals surface area (Å²) in [5.41, 5.74) is 3.53. The SMILES string of the molecule is CCC[CH2][Sn]([CH2]CCC)([CH2]CCC)[CH2]O[C@H]1CC[C@@]2(C)C(=C1CC(C)C)CC[C@@H]2OCOCC[Si](C)(C)C. The first kappa shape index (κ1) is 34.8. The molecule has 0 aromatic heterocycles. The number of fused-ring (bicyclic) bond motifs is 1. The van der Waals surface area contributed by atoms with Crippen molar-refractivity contribution in [1.82, 2.24) is 0 Å². The van der Waals surface area contributed by atoms with Gasteiger partial charge in [0.15, 0.2) is 0 Å². The first-order chi connectivity index (χ1) is 18.0. The molecule has 3 nitrogen and oxygen atoms in total. The fourth-order valence-electron chi connectivity index (χ4n) is 6.95. The van der Waals surface area contributed by atoms with E-state index in [1.165, 1.54) is 70.3 Å². The van der Waals surface area contributed by atoms with Crippen LogP contribution in [0.5, 0.6) is 0 Å². The van der Waals surface area contributed by atoms with Crippen LogP contribution in [-0.4, -0.2) is 56.7 Å². The molecule has 1 fully saturated rings. The van der Waals surface area contributed by atoms with Crippen LogP contribution in [0.1, 0.15) is 112 Å². The second-order valence-corrected chi connectivity index (χ2v) is 34.0. The van der Waals surface area contributed by atoms with E-state index in [4.69, 9.17) is 14.2 Å². The van der Waals surface area contributed by atoms with E-state index in [0.29, 0.717) is 24.9 Å². The first-order valence-electron chi connectivity index (χ1n) is 16.5. The van der Waals surface area contributed by atoms with Crippen molar-refractivity contribution in [1.29, 1.82) is 0 Å². The molecule has 0 aromatic rings. The van der Waals surface area contributed by atoms with E-state index >= 15 is 0 Å². The molecule has 0 amide bonds. The molecule has 3 atom stereocenters. The van der Waals surface area contributed by atoms with Gasteiger partial charge in [0, 0.05) is 8.07 Å². The third-order valence-corrected chi connectivity index (χ3v) is 25.5. The van der Waals surface area contributed by atoms with Gasteiger partial charge in [-0.15, -0.1) is 0 Å². The zero-order valence-corrected chi connectivity index (χ0v) is 31.0. The van der Waals surface area contributed by atoms with Gasteiger partial charge in [-0.05, 0) is 0 Å². The molecule has 2 aliphatic rings. The van der Waals surface area contributed by atoms with Gasteiger partial charge < -0.3 is 0 Å². The van der Waals surface area contributed by atoms with Crippen LogP contribution in [0.3, 0.4) is 0 Å². The van der Waals surface area contributed by atoms with Crippen LogP contribution in [0.15, 0.2) is 11.1 Å². The maximum absolute atomic E-state index is 7.16. The Balaban J connectivity index is 2.15. The monoisotopic (exact) mass is 658 g/mol. The molecule has 0 spiro atoms. The molecule has 2 rings (SSSR count). The third-order valence-electron chi connectivity index (χ3n) is 9.51. The Hall–Kier alpha value is 0.636. The molecule has 0 unspecified atom stereocenters. The van der Waals surface area contributed by atoms with Gasteiger partial charge in [0.1, 0.15) is 0 Å². The second-order valence-electron chi connectivity index (χ2n) is 14.7. The fraction of sp³-hybridized carbons (Fsp3) is 0.939. The zero-order chi connectivity index (χ0) is 28.2. The van der Waals surface area contributed by atoms with E-state index in [1.54, 1.807) is 24.5 Å². The molecular weight excluding hydrogens is 591 g/mol. The van der Waals surface area contributed by atoms with Crippen LogP contribution < -0.4 is 0 Å². The Bertz CT molecular complexity index is 679. The van der Waals surface area contributed by atoms with Crippen LogP contribution in [-0.2, 0) is 14.2 Å². The Morgan fingerprint density at radius 3 is 2.05 bits per heavy atom. The van der Waals surface area contributed by atoms with Crippen LogP contribution in [0.2, 0.25) is 39.0 Å². The number of hydrogen-bond donors (Lipinski definition) is 0. The topological polar surface area (TPSA) is 27.7 Å². The molecule has 38 heavy (non-hydrogen) atoms. The molecule has 0 N–H and O–H groups in total. The van der Waals surface area contributed by atoms with Gasteiger partial charge in [-0.1, -0.05) is 19.6 Å². The van der Waals surface area contributed by atoms with E-state index < -0.39 is 26.5 Å². The van der Waals surface area contributed by atoms with Crippen LogP contribution in [0, 0.1) is 11.3 Å². The number of rotatable bonds is 20. The number of unbranched alkanes of at least 4 members (excludes halogenated alkanes) is 3. The normalized spacial score (nSPS) is 24.5. The van der Waals surface area contributed by atoms with Crippen molar-refractivity contribution >= 4 is 26.5 Å². The molecular formula is C33H66O3SiSn. The average molecular weight is 658 g/mol. The van der Waals surface area contributed by atoms with Crippen LogP contribution >= 0.6 is 0 Å². The summed E-state index contributed by atoms with van der Waals surface area (Å²) in [6.45, 7) is 22.9. The van der Waals surface area contributed by atoms with E-state index in [2.05, 4.69) is 61.2 Å². The summed E-state index contributed by atoms with van der Waals surface area (Å²) in [5, 5.41) is 0. The summed E-state index contributed by atoms with van der Waals surface area (Å²) in [4.78, 5) is 0. The van der Waals surface area contributed by atoms with Crippen molar-refractivity contribution in [2.75, 3.05) is 18.0 Å². The van der Waals surface area contributed by atoms with E-state index in [9.17, 15) is 0 Å². The molecule has 0 aliphatic heterocycles.